The summed E-state index contributed by atoms with van der Waals surface area (Å²) in [4.78, 5) is 32.3. The highest BCUT2D eigenvalue weighted by molar-refractivity contribution is 5.82. The monoisotopic (exact) mass is 460 g/mol. The lowest BCUT2D eigenvalue weighted by Crippen LogP contribution is -2.42. The molecule has 1 atom stereocenters. The van der Waals surface area contributed by atoms with Crippen LogP contribution in [0.2, 0.25) is 0 Å². The molecule has 2 rings (SSSR count). The zero-order chi connectivity index (χ0) is 24.6. The maximum absolute atomic E-state index is 12.5. The van der Waals surface area contributed by atoms with E-state index in [1.54, 1.807) is 24.3 Å². The van der Waals surface area contributed by atoms with Crippen LogP contribution in [0.4, 0.5) is 13.2 Å². The highest BCUT2D eigenvalue weighted by Crippen LogP contribution is 2.22. The van der Waals surface area contributed by atoms with Crippen LogP contribution in [0, 0.1) is 5.41 Å². The summed E-state index contributed by atoms with van der Waals surface area (Å²) in [6.45, 7) is 4.13. The predicted octanol–water partition coefficient (Wildman–Crippen LogP) is 1.88. The summed E-state index contributed by atoms with van der Waals surface area (Å²) >= 11 is 0. The fourth-order valence-electron chi connectivity index (χ4n) is 2.64. The molecule has 176 valence electrons. The van der Waals surface area contributed by atoms with Gasteiger partial charge in [-0.05, 0) is 30.5 Å². The molecule has 6 N–H and O–H groups in total. The molecule has 32 heavy (non-hydrogen) atoms. The molecule has 0 aliphatic carbocycles. The highest BCUT2D eigenvalue weighted by atomic mass is 19.4. The molecule has 10 nitrogen and oxygen atoms in total. The first-order chi connectivity index (χ1) is 14.8. The number of halogens is 3. The normalized spacial score (nSPS) is 11.8. The number of nitrogens with zero attached hydrogens (tertiary/aromatic N) is 1. The minimum atomic E-state index is -5.08. The van der Waals surface area contributed by atoms with E-state index in [0.29, 0.717) is 24.2 Å². The number of benzene rings is 1. The number of alkyl halides is 3. The second-order valence-corrected chi connectivity index (χ2v) is 6.39. The number of aliphatic carboxylic acids is 2. The SMILES string of the molecule is CCC(NC(=N)N)Oc1ccc2cc(CC(=O)O)c(=O)n(CC)c2c1.O=C(O)C(F)(F)F. The van der Waals surface area contributed by atoms with Gasteiger partial charge in [0, 0.05) is 24.6 Å². The topological polar surface area (TPSA) is 168 Å². The minimum Gasteiger partial charge on any atom is -0.481 e. The maximum Gasteiger partial charge on any atom is 0.490 e. The van der Waals surface area contributed by atoms with Crippen LogP contribution >= 0.6 is 0 Å². The largest absolute Gasteiger partial charge is 0.490 e. The van der Waals surface area contributed by atoms with E-state index < -0.39 is 24.3 Å². The average molecular weight is 460 g/mol. The Balaban J connectivity index is 0.000000633. The third kappa shape index (κ3) is 7.49. The van der Waals surface area contributed by atoms with Crippen LogP contribution in [0.3, 0.4) is 0 Å². The number of aryl methyl sites for hydroxylation is 1. The van der Waals surface area contributed by atoms with Gasteiger partial charge in [-0.3, -0.25) is 15.0 Å². The fraction of sp³-hybridized carbons (Fsp3) is 0.368. The number of ether oxygens (including phenoxy) is 1. The summed E-state index contributed by atoms with van der Waals surface area (Å²) in [5, 5.41) is 26.8. The molecule has 0 saturated heterocycles. The highest BCUT2D eigenvalue weighted by Gasteiger charge is 2.38. The summed E-state index contributed by atoms with van der Waals surface area (Å²) < 4.78 is 39.0. The third-order valence-electron chi connectivity index (χ3n) is 4.01. The van der Waals surface area contributed by atoms with Gasteiger partial charge in [-0.15, -0.1) is 0 Å². The lowest BCUT2D eigenvalue weighted by Gasteiger charge is -2.19. The maximum atomic E-state index is 12.5. The Morgan fingerprint density at radius 3 is 2.28 bits per heavy atom. The number of pyridine rings is 1. The van der Waals surface area contributed by atoms with Crippen LogP contribution in [0.5, 0.6) is 5.75 Å². The van der Waals surface area contributed by atoms with Crippen molar-refractivity contribution in [3.05, 3.63) is 40.2 Å². The lowest BCUT2D eigenvalue weighted by molar-refractivity contribution is -0.192. The molecular formula is C19H23F3N4O6. The van der Waals surface area contributed by atoms with Gasteiger partial charge < -0.3 is 30.6 Å². The van der Waals surface area contributed by atoms with Crippen LogP contribution in [-0.4, -0.2) is 45.1 Å². The zero-order valence-electron chi connectivity index (χ0n) is 17.2. The quantitative estimate of drug-likeness (QED) is 0.237. The first kappa shape index (κ1) is 26.3. The first-order valence-electron chi connectivity index (χ1n) is 9.25. The number of fused-ring (bicyclic) bond motifs is 1. The number of aromatic nitrogens is 1. The van der Waals surface area contributed by atoms with E-state index in [1.165, 1.54) is 4.57 Å². The number of hydrogen-bond acceptors (Lipinski definition) is 5. The van der Waals surface area contributed by atoms with Crippen molar-refractivity contribution in [3.63, 3.8) is 0 Å². The number of hydrogen-bond donors (Lipinski definition) is 5. The van der Waals surface area contributed by atoms with Crippen LogP contribution in [0.15, 0.2) is 29.1 Å². The first-order valence-corrected chi connectivity index (χ1v) is 9.25. The van der Waals surface area contributed by atoms with E-state index in [4.69, 9.17) is 30.9 Å². The molecule has 0 bridgehead atoms. The molecule has 13 heteroatoms. The fourth-order valence-corrected chi connectivity index (χ4v) is 2.64. The van der Waals surface area contributed by atoms with Gasteiger partial charge in [0.25, 0.3) is 5.56 Å². The van der Waals surface area contributed by atoms with Crippen LogP contribution in [0.1, 0.15) is 25.8 Å². The van der Waals surface area contributed by atoms with Crippen molar-refractivity contribution in [1.82, 2.24) is 9.88 Å². The van der Waals surface area contributed by atoms with Crippen LogP contribution < -0.4 is 21.3 Å². The lowest BCUT2D eigenvalue weighted by atomic mass is 10.1. The van der Waals surface area contributed by atoms with Crippen molar-refractivity contribution >= 4 is 28.8 Å². The molecular weight excluding hydrogens is 437 g/mol. The second-order valence-electron chi connectivity index (χ2n) is 6.39. The molecule has 0 spiro atoms. The molecule has 1 aromatic heterocycles. The number of rotatable bonds is 7. The molecule has 0 radical (unpaired) electrons. The smallest absolute Gasteiger partial charge is 0.481 e. The molecule has 0 aliphatic rings. The van der Waals surface area contributed by atoms with Crippen LogP contribution in [-0.2, 0) is 22.6 Å². The standard InChI is InChI=1S/C17H22N4O4.C2HF3O2/c1-3-14(20-17(18)19)25-12-6-5-10-7-11(8-15(22)23)16(24)21(4-2)13(10)9-12;3-2(4,5)1(6)7/h5-7,9,14H,3-4,8H2,1-2H3,(H,22,23)(H4,18,19,20);(H,6,7). The number of carboxylic acids is 2. The molecule has 1 unspecified atom stereocenters. The number of nitrogens with two attached hydrogens (primary N) is 1. The Bertz CT molecular complexity index is 1050. The van der Waals surface area contributed by atoms with Gasteiger partial charge >= 0.3 is 18.1 Å². The van der Waals surface area contributed by atoms with Gasteiger partial charge in [-0.25, -0.2) is 4.79 Å². The molecule has 0 aliphatic heterocycles. The van der Waals surface area contributed by atoms with Crippen molar-refractivity contribution in [1.29, 1.82) is 5.41 Å². The van der Waals surface area contributed by atoms with Crippen molar-refractivity contribution in [2.45, 2.75) is 45.6 Å². The van der Waals surface area contributed by atoms with Gasteiger partial charge in [0.1, 0.15) is 5.75 Å². The molecule has 0 saturated carbocycles. The Hall–Kier alpha value is -3.77. The summed E-state index contributed by atoms with van der Waals surface area (Å²) in [7, 11) is 0. The van der Waals surface area contributed by atoms with E-state index in [9.17, 15) is 22.8 Å². The number of carboxylic acid groups (broad SMARTS) is 2. The van der Waals surface area contributed by atoms with Crippen molar-refractivity contribution in [3.8, 4) is 5.75 Å². The molecule has 2 aromatic rings. The van der Waals surface area contributed by atoms with Gasteiger partial charge in [-0.2, -0.15) is 13.2 Å². The number of carbonyl (C=O) groups is 2. The zero-order valence-corrected chi connectivity index (χ0v) is 17.2. The van der Waals surface area contributed by atoms with Gasteiger partial charge in [0.2, 0.25) is 0 Å². The van der Waals surface area contributed by atoms with Gasteiger partial charge in [0.05, 0.1) is 11.9 Å². The average Bonchev–Trinajstić information content (AvgIpc) is 2.67. The van der Waals surface area contributed by atoms with E-state index in [0.717, 1.165) is 5.39 Å². The molecule has 0 fully saturated rings. The Morgan fingerprint density at radius 1 is 1.25 bits per heavy atom. The van der Waals surface area contributed by atoms with Gasteiger partial charge in [-0.1, -0.05) is 6.92 Å². The van der Waals surface area contributed by atoms with E-state index in [-0.39, 0.29) is 23.5 Å². The van der Waals surface area contributed by atoms with E-state index >= 15 is 0 Å². The van der Waals surface area contributed by atoms with Crippen LogP contribution in [0.25, 0.3) is 10.9 Å². The summed E-state index contributed by atoms with van der Waals surface area (Å²) in [6, 6.07) is 6.85. The molecule has 1 heterocycles. The van der Waals surface area contributed by atoms with E-state index in [1.807, 2.05) is 13.8 Å². The van der Waals surface area contributed by atoms with E-state index in [2.05, 4.69) is 5.32 Å². The summed E-state index contributed by atoms with van der Waals surface area (Å²) in [5.74, 6) is -3.45. The second kappa shape index (κ2) is 11.0. The number of nitrogens with one attached hydrogen (secondary N) is 2. The number of guanidine groups is 1. The Kier molecular flexibility index (Phi) is 9.05. The van der Waals surface area contributed by atoms with Crippen molar-refractivity contribution in [2.75, 3.05) is 0 Å². The Labute approximate surface area is 179 Å². The molecule has 1 aromatic carbocycles. The predicted molar refractivity (Wildman–Crippen MR) is 109 cm³/mol. The van der Waals surface area contributed by atoms with Gasteiger partial charge in [0.15, 0.2) is 12.2 Å². The summed E-state index contributed by atoms with van der Waals surface area (Å²) in [6.07, 6.45) is -5.26. The third-order valence-corrected chi connectivity index (χ3v) is 4.01. The summed E-state index contributed by atoms with van der Waals surface area (Å²) in [5.41, 5.74) is 5.93. The van der Waals surface area contributed by atoms with Crippen molar-refractivity contribution < 1.29 is 37.7 Å². The van der Waals surface area contributed by atoms with Crippen molar-refractivity contribution in [2.24, 2.45) is 5.73 Å². The molecule has 0 amide bonds. The minimum absolute atomic E-state index is 0.184. The Morgan fingerprint density at radius 2 is 1.84 bits per heavy atom.